The third kappa shape index (κ3) is 5.27. The summed E-state index contributed by atoms with van der Waals surface area (Å²) >= 11 is 6.16. The zero-order chi connectivity index (χ0) is 24.1. The lowest BCUT2D eigenvalue weighted by molar-refractivity contribution is -0.126. The van der Waals surface area contributed by atoms with Gasteiger partial charge >= 0.3 is 0 Å². The van der Waals surface area contributed by atoms with Crippen molar-refractivity contribution in [2.24, 2.45) is 5.92 Å². The monoisotopic (exact) mass is 498 g/mol. The van der Waals surface area contributed by atoms with E-state index in [9.17, 15) is 13.2 Å². The number of ether oxygens (including phenoxy) is 1. The third-order valence-corrected chi connectivity index (χ3v) is 8.22. The highest BCUT2D eigenvalue weighted by Crippen LogP contribution is 2.31. The summed E-state index contributed by atoms with van der Waals surface area (Å²) in [5.74, 6) is -0.207. The van der Waals surface area contributed by atoms with Gasteiger partial charge in [0.2, 0.25) is 15.9 Å². The van der Waals surface area contributed by atoms with Crippen LogP contribution in [0.15, 0.2) is 83.8 Å². The summed E-state index contributed by atoms with van der Waals surface area (Å²) in [7, 11) is -2.32. The molecule has 1 fully saturated rings. The first kappa shape index (κ1) is 24.3. The van der Waals surface area contributed by atoms with Gasteiger partial charge in [0.15, 0.2) is 0 Å². The fourth-order valence-electron chi connectivity index (χ4n) is 4.24. The van der Waals surface area contributed by atoms with Gasteiger partial charge in [0.05, 0.1) is 29.0 Å². The fourth-order valence-corrected chi connectivity index (χ4v) is 6.11. The number of methoxy groups -OCH3 is 1. The summed E-state index contributed by atoms with van der Waals surface area (Å²) < 4.78 is 33.0. The van der Waals surface area contributed by atoms with Crippen molar-refractivity contribution >= 4 is 27.5 Å². The van der Waals surface area contributed by atoms with Crippen molar-refractivity contribution in [2.75, 3.05) is 20.2 Å². The number of rotatable bonds is 7. The van der Waals surface area contributed by atoms with E-state index >= 15 is 0 Å². The Morgan fingerprint density at radius 3 is 2.21 bits per heavy atom. The molecule has 4 rings (SSSR count). The van der Waals surface area contributed by atoms with Crippen LogP contribution in [0.25, 0.3) is 0 Å². The average Bonchev–Trinajstić information content (AvgIpc) is 2.88. The maximum Gasteiger partial charge on any atom is 0.243 e. The van der Waals surface area contributed by atoms with Crippen LogP contribution in [-0.4, -0.2) is 38.8 Å². The van der Waals surface area contributed by atoms with Gasteiger partial charge in [0.1, 0.15) is 5.75 Å². The number of piperidine rings is 1. The lowest BCUT2D eigenvalue weighted by atomic mass is 9.95. The second-order valence-corrected chi connectivity index (χ2v) is 10.6. The molecule has 6 nitrogen and oxygen atoms in total. The molecule has 0 spiro atoms. The minimum absolute atomic E-state index is 0.0887. The number of nitrogens with zero attached hydrogens (tertiary/aromatic N) is 1. The number of nitrogens with one attached hydrogen (secondary N) is 1. The van der Waals surface area contributed by atoms with Gasteiger partial charge in [-0.2, -0.15) is 4.31 Å². The minimum atomic E-state index is -3.80. The van der Waals surface area contributed by atoms with E-state index in [2.05, 4.69) is 5.32 Å². The molecular formula is C26H27ClN2O4S. The highest BCUT2D eigenvalue weighted by Gasteiger charge is 2.34. The van der Waals surface area contributed by atoms with Crippen LogP contribution in [0.3, 0.4) is 0 Å². The fraction of sp³-hybridized carbons (Fsp3) is 0.269. The van der Waals surface area contributed by atoms with Gasteiger partial charge in [-0.05, 0) is 42.2 Å². The number of carbonyl (C=O) groups excluding carboxylic acids is 1. The predicted octanol–water partition coefficient (Wildman–Crippen LogP) is 4.66. The highest BCUT2D eigenvalue weighted by atomic mass is 35.5. The number of hydrogen-bond acceptors (Lipinski definition) is 4. The molecule has 3 aromatic carbocycles. The van der Waals surface area contributed by atoms with Crippen molar-refractivity contribution < 1.29 is 17.9 Å². The molecule has 178 valence electrons. The Morgan fingerprint density at radius 2 is 1.65 bits per heavy atom. The Bertz CT molecular complexity index is 1200. The topological polar surface area (TPSA) is 75.7 Å². The summed E-state index contributed by atoms with van der Waals surface area (Å²) in [6, 6.07) is 23.6. The molecule has 1 saturated heterocycles. The van der Waals surface area contributed by atoms with Crippen LogP contribution in [-0.2, 0) is 14.8 Å². The smallest absolute Gasteiger partial charge is 0.243 e. The Kier molecular flexibility index (Phi) is 7.56. The second kappa shape index (κ2) is 10.6. The van der Waals surface area contributed by atoms with E-state index in [0.29, 0.717) is 25.1 Å². The summed E-state index contributed by atoms with van der Waals surface area (Å²) in [6.45, 7) is 0.477. The van der Waals surface area contributed by atoms with Gasteiger partial charge < -0.3 is 10.1 Å². The van der Waals surface area contributed by atoms with E-state index in [4.69, 9.17) is 16.3 Å². The van der Waals surface area contributed by atoms with Gasteiger partial charge in [-0.15, -0.1) is 0 Å². The van der Waals surface area contributed by atoms with Gasteiger partial charge in [0, 0.05) is 13.1 Å². The summed E-state index contributed by atoms with van der Waals surface area (Å²) in [4.78, 5) is 13.4. The van der Waals surface area contributed by atoms with Crippen LogP contribution in [0.2, 0.25) is 5.02 Å². The summed E-state index contributed by atoms with van der Waals surface area (Å²) in [5.41, 5.74) is 1.94. The molecule has 1 aliphatic heterocycles. The molecule has 8 heteroatoms. The SMILES string of the molecule is COc1ccc(S(=O)(=O)N2CCC[C@H](C(=O)NC(c3ccccc3)c3ccccc3)C2)cc1Cl. The van der Waals surface area contributed by atoms with Crippen molar-refractivity contribution in [1.29, 1.82) is 0 Å². The first-order valence-corrected chi connectivity index (χ1v) is 13.0. The van der Waals surface area contributed by atoms with Crippen LogP contribution in [0, 0.1) is 5.92 Å². The van der Waals surface area contributed by atoms with E-state index in [1.165, 1.54) is 29.6 Å². The number of sulfonamides is 1. The van der Waals surface area contributed by atoms with Crippen molar-refractivity contribution in [1.82, 2.24) is 9.62 Å². The Labute approximate surface area is 205 Å². The Balaban J connectivity index is 1.53. The maximum absolute atomic E-state index is 13.3. The van der Waals surface area contributed by atoms with Crippen molar-refractivity contribution in [2.45, 2.75) is 23.8 Å². The highest BCUT2D eigenvalue weighted by molar-refractivity contribution is 7.89. The van der Waals surface area contributed by atoms with Crippen LogP contribution in [0.5, 0.6) is 5.75 Å². The number of amides is 1. The Morgan fingerprint density at radius 1 is 1.03 bits per heavy atom. The van der Waals surface area contributed by atoms with Crippen LogP contribution in [0.4, 0.5) is 0 Å². The molecule has 3 aromatic rings. The standard InChI is InChI=1S/C26H27ClN2O4S/c1-33-24-15-14-22(17-23(24)27)34(31,32)29-16-8-13-21(18-29)26(30)28-25(19-9-4-2-5-10-19)20-11-6-3-7-12-20/h2-7,9-12,14-15,17,21,25H,8,13,16,18H2,1H3,(H,28,30)/t21-/m0/s1. The molecule has 0 unspecified atom stereocenters. The summed E-state index contributed by atoms with van der Waals surface area (Å²) in [6.07, 6.45) is 1.22. The number of halogens is 1. The van der Waals surface area contributed by atoms with Crippen LogP contribution < -0.4 is 10.1 Å². The molecule has 1 atom stereocenters. The van der Waals surface area contributed by atoms with Crippen LogP contribution in [0.1, 0.15) is 30.0 Å². The number of carbonyl (C=O) groups is 1. The van der Waals surface area contributed by atoms with Crippen LogP contribution >= 0.6 is 11.6 Å². The molecule has 0 bridgehead atoms. The Hall–Kier alpha value is -2.87. The molecule has 1 amide bonds. The molecular weight excluding hydrogens is 472 g/mol. The van der Waals surface area contributed by atoms with Crippen molar-refractivity contribution in [3.05, 3.63) is 95.0 Å². The average molecular weight is 499 g/mol. The zero-order valence-corrected chi connectivity index (χ0v) is 20.4. The quantitative estimate of drug-likeness (QED) is 0.514. The zero-order valence-electron chi connectivity index (χ0n) is 18.9. The first-order chi connectivity index (χ1) is 16.4. The van der Waals surface area contributed by atoms with Crippen molar-refractivity contribution in [3.63, 3.8) is 0 Å². The molecule has 1 heterocycles. The number of hydrogen-bond donors (Lipinski definition) is 1. The molecule has 1 aliphatic rings. The first-order valence-electron chi connectivity index (χ1n) is 11.1. The molecule has 0 aliphatic carbocycles. The van der Waals surface area contributed by atoms with Gasteiger partial charge in [-0.25, -0.2) is 8.42 Å². The van der Waals surface area contributed by atoms with E-state index in [1.54, 1.807) is 0 Å². The van der Waals surface area contributed by atoms with Gasteiger partial charge in [-0.1, -0.05) is 72.3 Å². The predicted molar refractivity (Wildman–Crippen MR) is 132 cm³/mol. The summed E-state index contributed by atoms with van der Waals surface area (Å²) in [5, 5.41) is 3.38. The number of benzene rings is 3. The maximum atomic E-state index is 13.3. The third-order valence-electron chi connectivity index (χ3n) is 6.07. The van der Waals surface area contributed by atoms with Gasteiger partial charge in [0.25, 0.3) is 0 Å². The molecule has 0 saturated carbocycles. The van der Waals surface area contributed by atoms with E-state index in [0.717, 1.165) is 11.1 Å². The molecule has 0 aromatic heterocycles. The van der Waals surface area contributed by atoms with Crippen molar-refractivity contribution in [3.8, 4) is 5.75 Å². The second-order valence-electron chi connectivity index (χ2n) is 8.26. The molecule has 34 heavy (non-hydrogen) atoms. The largest absolute Gasteiger partial charge is 0.495 e. The van der Waals surface area contributed by atoms with Gasteiger partial charge in [-0.3, -0.25) is 4.79 Å². The van der Waals surface area contributed by atoms with E-state index < -0.39 is 15.9 Å². The molecule has 0 radical (unpaired) electrons. The minimum Gasteiger partial charge on any atom is -0.495 e. The lowest BCUT2D eigenvalue weighted by Gasteiger charge is -2.32. The normalized spacial score (nSPS) is 16.9. The van der Waals surface area contributed by atoms with E-state index in [1.807, 2.05) is 60.7 Å². The molecule has 1 N–H and O–H groups in total. The lowest BCUT2D eigenvalue weighted by Crippen LogP contribution is -2.46. The van der Waals surface area contributed by atoms with E-state index in [-0.39, 0.29) is 28.4 Å².